The topological polar surface area (TPSA) is 81.5 Å². The van der Waals surface area contributed by atoms with Gasteiger partial charge in [0.2, 0.25) is 0 Å². The summed E-state index contributed by atoms with van der Waals surface area (Å²) < 4.78 is 5.78. The quantitative estimate of drug-likeness (QED) is 0.674. The van der Waals surface area contributed by atoms with Gasteiger partial charge in [-0.05, 0) is 36.4 Å². The second-order valence-corrected chi connectivity index (χ2v) is 5.02. The van der Waals surface area contributed by atoms with E-state index in [1.165, 1.54) is 25.3 Å². The van der Waals surface area contributed by atoms with Gasteiger partial charge >= 0.3 is 5.69 Å². The number of rotatable bonds is 4. The number of anilines is 1. The number of hydrogen-bond donors (Lipinski definition) is 1. The first kappa shape index (κ1) is 15.0. The van der Waals surface area contributed by atoms with Crippen molar-refractivity contribution in [1.82, 2.24) is 0 Å². The number of benzene rings is 2. The standard InChI is InChI=1S/C14H11BrN2O4/c1-21-13-7-2-9(8-12(13)17(19)20)14(18)16-11-5-3-10(15)4-6-11/h2-8H,1H3,(H,16,18). The van der Waals surface area contributed by atoms with Gasteiger partial charge in [-0.2, -0.15) is 0 Å². The van der Waals surface area contributed by atoms with Crippen molar-refractivity contribution in [3.63, 3.8) is 0 Å². The molecule has 0 unspecified atom stereocenters. The van der Waals surface area contributed by atoms with Crippen molar-refractivity contribution >= 4 is 33.2 Å². The van der Waals surface area contributed by atoms with E-state index in [-0.39, 0.29) is 17.0 Å². The van der Waals surface area contributed by atoms with E-state index in [9.17, 15) is 14.9 Å². The first-order chi connectivity index (χ1) is 10.0. The molecule has 0 spiro atoms. The molecule has 1 amide bonds. The summed E-state index contributed by atoms with van der Waals surface area (Å²) in [5.74, 6) is -0.316. The Labute approximate surface area is 129 Å². The first-order valence-electron chi connectivity index (χ1n) is 5.90. The fourth-order valence-corrected chi connectivity index (χ4v) is 1.97. The van der Waals surface area contributed by atoms with Crippen LogP contribution in [0.5, 0.6) is 5.75 Å². The van der Waals surface area contributed by atoms with Crippen LogP contribution in [0.1, 0.15) is 10.4 Å². The number of carbonyl (C=O) groups excluding carboxylic acids is 1. The van der Waals surface area contributed by atoms with E-state index < -0.39 is 10.8 Å². The molecule has 0 saturated carbocycles. The number of carbonyl (C=O) groups is 1. The van der Waals surface area contributed by atoms with Crippen molar-refractivity contribution in [2.75, 3.05) is 12.4 Å². The Balaban J connectivity index is 2.25. The van der Waals surface area contributed by atoms with Gasteiger partial charge in [0.25, 0.3) is 5.91 Å². The Kier molecular flexibility index (Phi) is 4.54. The van der Waals surface area contributed by atoms with Gasteiger partial charge in [0.1, 0.15) is 0 Å². The molecule has 0 saturated heterocycles. The van der Waals surface area contributed by atoms with Crippen LogP contribution in [-0.4, -0.2) is 17.9 Å². The highest BCUT2D eigenvalue weighted by molar-refractivity contribution is 9.10. The molecule has 2 aromatic carbocycles. The van der Waals surface area contributed by atoms with Gasteiger partial charge in [-0.25, -0.2) is 0 Å². The van der Waals surface area contributed by atoms with Crippen LogP contribution in [0, 0.1) is 10.1 Å². The minimum absolute atomic E-state index is 0.111. The van der Waals surface area contributed by atoms with Crippen LogP contribution in [0.15, 0.2) is 46.9 Å². The molecule has 0 aliphatic heterocycles. The molecule has 0 radical (unpaired) electrons. The largest absolute Gasteiger partial charge is 0.490 e. The Hall–Kier alpha value is -2.41. The second kappa shape index (κ2) is 6.36. The average Bonchev–Trinajstić information content (AvgIpc) is 2.48. The molecule has 7 heteroatoms. The Morgan fingerprint density at radius 1 is 1.24 bits per heavy atom. The molecule has 0 bridgehead atoms. The summed E-state index contributed by atoms with van der Waals surface area (Å²) in [4.78, 5) is 22.4. The lowest BCUT2D eigenvalue weighted by Gasteiger charge is -2.07. The minimum Gasteiger partial charge on any atom is -0.490 e. The van der Waals surface area contributed by atoms with Crippen LogP contribution in [0.3, 0.4) is 0 Å². The van der Waals surface area contributed by atoms with Crippen molar-refractivity contribution in [2.45, 2.75) is 0 Å². The van der Waals surface area contributed by atoms with E-state index in [1.54, 1.807) is 24.3 Å². The Morgan fingerprint density at radius 3 is 2.48 bits per heavy atom. The van der Waals surface area contributed by atoms with Crippen LogP contribution >= 0.6 is 15.9 Å². The molecular weight excluding hydrogens is 340 g/mol. The summed E-state index contributed by atoms with van der Waals surface area (Å²) in [5.41, 5.74) is 0.535. The molecule has 21 heavy (non-hydrogen) atoms. The molecule has 0 aliphatic carbocycles. The summed E-state index contributed by atoms with van der Waals surface area (Å²) in [5, 5.41) is 13.6. The van der Waals surface area contributed by atoms with Crippen molar-refractivity contribution in [3.05, 3.63) is 62.6 Å². The predicted molar refractivity (Wildman–Crippen MR) is 81.7 cm³/mol. The van der Waals surface area contributed by atoms with Crippen LogP contribution in [0.2, 0.25) is 0 Å². The van der Waals surface area contributed by atoms with E-state index in [1.807, 2.05) is 0 Å². The lowest BCUT2D eigenvalue weighted by atomic mass is 10.1. The molecule has 0 heterocycles. The third-order valence-corrected chi connectivity index (χ3v) is 3.27. The van der Waals surface area contributed by atoms with Crippen LogP contribution in [0.25, 0.3) is 0 Å². The molecule has 2 rings (SSSR count). The van der Waals surface area contributed by atoms with Gasteiger partial charge in [0, 0.05) is 21.8 Å². The number of nitrogens with one attached hydrogen (secondary N) is 1. The summed E-state index contributed by atoms with van der Waals surface area (Å²) in [6.45, 7) is 0. The average molecular weight is 351 g/mol. The highest BCUT2D eigenvalue weighted by Gasteiger charge is 2.18. The predicted octanol–water partition coefficient (Wildman–Crippen LogP) is 3.62. The van der Waals surface area contributed by atoms with E-state index in [4.69, 9.17) is 4.74 Å². The maximum atomic E-state index is 12.1. The van der Waals surface area contributed by atoms with Gasteiger partial charge in [-0.3, -0.25) is 14.9 Å². The minimum atomic E-state index is -0.588. The lowest BCUT2D eigenvalue weighted by molar-refractivity contribution is -0.385. The van der Waals surface area contributed by atoms with Crippen molar-refractivity contribution in [1.29, 1.82) is 0 Å². The summed E-state index contributed by atoms with van der Waals surface area (Å²) in [7, 11) is 1.34. The number of nitrogens with zero attached hydrogens (tertiary/aromatic N) is 1. The SMILES string of the molecule is COc1ccc(C(=O)Nc2ccc(Br)cc2)cc1[N+](=O)[O-]. The van der Waals surface area contributed by atoms with Gasteiger partial charge in [-0.1, -0.05) is 15.9 Å². The van der Waals surface area contributed by atoms with Gasteiger partial charge in [0.05, 0.1) is 12.0 Å². The first-order valence-corrected chi connectivity index (χ1v) is 6.70. The molecule has 2 aromatic rings. The molecule has 1 N–H and O–H groups in total. The lowest BCUT2D eigenvalue weighted by Crippen LogP contribution is -2.12. The van der Waals surface area contributed by atoms with Gasteiger partial charge in [0.15, 0.2) is 5.75 Å². The summed E-state index contributed by atoms with van der Waals surface area (Å²) in [6.07, 6.45) is 0. The van der Waals surface area contributed by atoms with E-state index in [2.05, 4.69) is 21.2 Å². The normalized spacial score (nSPS) is 10.0. The monoisotopic (exact) mass is 350 g/mol. The van der Waals surface area contributed by atoms with Crippen LogP contribution in [0.4, 0.5) is 11.4 Å². The van der Waals surface area contributed by atoms with Crippen molar-refractivity contribution in [3.8, 4) is 5.75 Å². The highest BCUT2D eigenvalue weighted by Crippen LogP contribution is 2.27. The number of hydrogen-bond acceptors (Lipinski definition) is 4. The maximum Gasteiger partial charge on any atom is 0.311 e. The number of halogens is 1. The zero-order valence-electron chi connectivity index (χ0n) is 11.0. The maximum absolute atomic E-state index is 12.1. The Morgan fingerprint density at radius 2 is 1.90 bits per heavy atom. The molecule has 6 nitrogen and oxygen atoms in total. The zero-order valence-corrected chi connectivity index (χ0v) is 12.6. The number of methoxy groups -OCH3 is 1. The Bertz CT molecular complexity index is 686. The van der Waals surface area contributed by atoms with Crippen molar-refractivity contribution in [2.24, 2.45) is 0 Å². The van der Waals surface area contributed by atoms with E-state index >= 15 is 0 Å². The smallest absolute Gasteiger partial charge is 0.311 e. The van der Waals surface area contributed by atoms with Crippen LogP contribution < -0.4 is 10.1 Å². The number of amides is 1. The molecule has 0 atom stereocenters. The fraction of sp³-hybridized carbons (Fsp3) is 0.0714. The van der Waals surface area contributed by atoms with E-state index in [0.717, 1.165) is 4.47 Å². The third-order valence-electron chi connectivity index (χ3n) is 2.74. The van der Waals surface area contributed by atoms with Crippen LogP contribution in [-0.2, 0) is 0 Å². The molecule has 0 fully saturated rings. The molecule has 0 aliphatic rings. The molecule has 108 valence electrons. The summed E-state index contributed by atoms with van der Waals surface area (Å²) >= 11 is 3.30. The number of nitro benzene ring substituents is 1. The van der Waals surface area contributed by atoms with Gasteiger partial charge in [-0.15, -0.1) is 0 Å². The zero-order chi connectivity index (χ0) is 15.4. The fourth-order valence-electron chi connectivity index (χ4n) is 1.71. The third kappa shape index (κ3) is 3.57. The molecule has 0 aromatic heterocycles. The van der Waals surface area contributed by atoms with Crippen molar-refractivity contribution < 1.29 is 14.5 Å². The summed E-state index contributed by atoms with van der Waals surface area (Å²) in [6, 6.07) is 11.1. The molecular formula is C14H11BrN2O4. The number of nitro groups is 1. The highest BCUT2D eigenvalue weighted by atomic mass is 79.9. The second-order valence-electron chi connectivity index (χ2n) is 4.10. The number of ether oxygens (including phenoxy) is 1. The van der Waals surface area contributed by atoms with E-state index in [0.29, 0.717) is 5.69 Å². The van der Waals surface area contributed by atoms with Gasteiger partial charge < -0.3 is 10.1 Å².